The fourth-order valence-corrected chi connectivity index (χ4v) is 5.50. The quantitative estimate of drug-likeness (QED) is 0.471. The first-order chi connectivity index (χ1) is 15.9. The van der Waals surface area contributed by atoms with Crippen molar-refractivity contribution in [2.24, 2.45) is 0 Å². The number of nitrogens with zero attached hydrogens (tertiary/aromatic N) is 1. The van der Waals surface area contributed by atoms with E-state index in [2.05, 4.69) is 10.6 Å². The first-order valence-corrected chi connectivity index (χ1v) is 13.6. The molecule has 0 radical (unpaired) electrons. The number of ether oxygens (including phenoxy) is 1. The van der Waals surface area contributed by atoms with Crippen LogP contribution in [-0.2, 0) is 29.4 Å². The minimum Gasteiger partial charge on any atom is -0.492 e. The van der Waals surface area contributed by atoms with E-state index in [0.717, 1.165) is 4.31 Å². The first kappa shape index (κ1) is 27.3. The zero-order valence-electron chi connectivity index (χ0n) is 19.4. The lowest BCUT2D eigenvalue weighted by atomic mass is 10.3. The van der Waals surface area contributed by atoms with Crippen LogP contribution in [-0.4, -0.2) is 64.7 Å². The highest BCUT2D eigenvalue weighted by atomic mass is 32.2. The molecule has 2 amide bonds. The normalized spacial score (nSPS) is 12.7. The zero-order chi connectivity index (χ0) is 25.5. The van der Waals surface area contributed by atoms with E-state index in [0.29, 0.717) is 18.0 Å². The van der Waals surface area contributed by atoms with E-state index >= 15 is 0 Å². The molecule has 0 spiro atoms. The Hall–Kier alpha value is -2.96. The SMILES string of the molecule is CCOc1ccccc1NC(=O)CS(=O)(=O)C(CC)C(=O)Nc1ccc(S(=O)(=O)N(C)C)cc1. The third-order valence-corrected chi connectivity index (χ3v) is 8.70. The standard InChI is InChI=1S/C22H29N3O7S2/c1-5-20(22(27)23-16-11-13-17(14-12-16)34(30,31)25(3)4)33(28,29)15-21(26)24-18-9-7-8-10-19(18)32-6-2/h7-14,20H,5-6,15H2,1-4H3,(H,23,27)(H,24,26). The Labute approximate surface area is 200 Å². The number of benzene rings is 2. The van der Waals surface area contributed by atoms with Crippen LogP contribution in [0.5, 0.6) is 5.75 Å². The van der Waals surface area contributed by atoms with E-state index < -0.39 is 42.7 Å². The molecule has 0 heterocycles. The molecular formula is C22H29N3O7S2. The number of nitrogens with one attached hydrogen (secondary N) is 2. The number of sulfonamides is 1. The van der Waals surface area contributed by atoms with Gasteiger partial charge < -0.3 is 15.4 Å². The van der Waals surface area contributed by atoms with Gasteiger partial charge in [-0.3, -0.25) is 9.59 Å². The summed E-state index contributed by atoms with van der Waals surface area (Å²) < 4.78 is 56.4. The largest absolute Gasteiger partial charge is 0.492 e. The molecule has 10 nitrogen and oxygen atoms in total. The molecular weight excluding hydrogens is 482 g/mol. The number of amides is 2. The van der Waals surface area contributed by atoms with Crippen LogP contribution in [0.4, 0.5) is 11.4 Å². The van der Waals surface area contributed by atoms with E-state index in [1.807, 2.05) is 0 Å². The summed E-state index contributed by atoms with van der Waals surface area (Å²) in [6, 6.07) is 12.0. The number of carbonyl (C=O) groups excluding carboxylic acids is 2. The Morgan fingerprint density at radius 2 is 1.56 bits per heavy atom. The second kappa shape index (κ2) is 11.4. The molecule has 12 heteroatoms. The Morgan fingerprint density at radius 1 is 0.941 bits per heavy atom. The maximum atomic E-state index is 12.8. The van der Waals surface area contributed by atoms with Gasteiger partial charge in [0.1, 0.15) is 16.8 Å². The van der Waals surface area contributed by atoms with Crippen LogP contribution < -0.4 is 15.4 Å². The lowest BCUT2D eigenvalue weighted by molar-refractivity contribution is -0.115. The second-order valence-corrected chi connectivity index (χ2v) is 11.8. The van der Waals surface area contributed by atoms with Crippen LogP contribution in [0, 0.1) is 0 Å². The van der Waals surface area contributed by atoms with Crippen molar-refractivity contribution in [2.45, 2.75) is 30.4 Å². The highest BCUT2D eigenvalue weighted by Crippen LogP contribution is 2.24. The molecule has 34 heavy (non-hydrogen) atoms. The predicted molar refractivity (Wildman–Crippen MR) is 130 cm³/mol. The highest BCUT2D eigenvalue weighted by Gasteiger charge is 2.33. The number of para-hydroxylation sites is 2. The fraction of sp³-hybridized carbons (Fsp3) is 0.364. The highest BCUT2D eigenvalue weighted by molar-refractivity contribution is 7.93. The van der Waals surface area contributed by atoms with Crippen molar-refractivity contribution in [3.63, 3.8) is 0 Å². The van der Waals surface area contributed by atoms with Crippen LogP contribution in [0.2, 0.25) is 0 Å². The Kier molecular flexibility index (Phi) is 9.19. The van der Waals surface area contributed by atoms with Crippen molar-refractivity contribution in [1.82, 2.24) is 4.31 Å². The van der Waals surface area contributed by atoms with Gasteiger partial charge in [-0.05, 0) is 49.7 Å². The lowest BCUT2D eigenvalue weighted by Crippen LogP contribution is -2.39. The summed E-state index contributed by atoms with van der Waals surface area (Å²) in [5, 5.41) is 3.52. The van der Waals surface area contributed by atoms with Gasteiger partial charge in [0.25, 0.3) is 0 Å². The summed E-state index contributed by atoms with van der Waals surface area (Å²) in [5.41, 5.74) is 0.557. The summed E-state index contributed by atoms with van der Waals surface area (Å²) >= 11 is 0. The fourth-order valence-electron chi connectivity index (χ4n) is 3.07. The van der Waals surface area contributed by atoms with Gasteiger partial charge in [-0.15, -0.1) is 0 Å². The van der Waals surface area contributed by atoms with E-state index in [4.69, 9.17) is 4.74 Å². The summed E-state index contributed by atoms with van der Waals surface area (Å²) in [6.45, 7) is 3.67. The van der Waals surface area contributed by atoms with E-state index in [9.17, 15) is 26.4 Å². The topological polar surface area (TPSA) is 139 Å². The van der Waals surface area contributed by atoms with Gasteiger partial charge in [-0.2, -0.15) is 0 Å². The molecule has 2 N–H and O–H groups in total. The minimum absolute atomic E-state index is 0.0270. The van der Waals surface area contributed by atoms with Gasteiger partial charge in [0.15, 0.2) is 9.84 Å². The molecule has 0 fully saturated rings. The number of sulfone groups is 1. The molecule has 186 valence electrons. The van der Waals surface area contributed by atoms with Gasteiger partial charge in [0, 0.05) is 19.8 Å². The first-order valence-electron chi connectivity index (χ1n) is 10.5. The molecule has 0 aliphatic heterocycles. The number of carbonyl (C=O) groups is 2. The Morgan fingerprint density at radius 3 is 2.12 bits per heavy atom. The number of rotatable bonds is 11. The Bertz CT molecular complexity index is 1230. The summed E-state index contributed by atoms with van der Waals surface area (Å²) in [5.74, 6) is -2.09. The molecule has 0 aromatic heterocycles. The van der Waals surface area contributed by atoms with Gasteiger partial charge in [-0.25, -0.2) is 21.1 Å². The number of anilines is 2. The van der Waals surface area contributed by atoms with Crippen molar-refractivity contribution in [3.05, 3.63) is 48.5 Å². The molecule has 0 saturated heterocycles. The van der Waals surface area contributed by atoms with Crippen LogP contribution in [0.25, 0.3) is 0 Å². The predicted octanol–water partition coefficient (Wildman–Crippen LogP) is 2.11. The molecule has 0 bridgehead atoms. The molecule has 2 rings (SSSR count). The van der Waals surface area contributed by atoms with E-state index in [1.54, 1.807) is 31.2 Å². The molecule has 0 aliphatic rings. The maximum absolute atomic E-state index is 12.8. The average Bonchev–Trinajstić information content (AvgIpc) is 2.75. The number of hydrogen-bond acceptors (Lipinski definition) is 7. The monoisotopic (exact) mass is 511 g/mol. The molecule has 2 aromatic carbocycles. The average molecular weight is 512 g/mol. The van der Waals surface area contributed by atoms with Crippen LogP contribution in [0.1, 0.15) is 20.3 Å². The van der Waals surface area contributed by atoms with Gasteiger partial charge in [0.05, 0.1) is 17.2 Å². The lowest BCUT2D eigenvalue weighted by Gasteiger charge is -2.17. The van der Waals surface area contributed by atoms with Crippen molar-refractivity contribution in [2.75, 3.05) is 37.1 Å². The molecule has 1 unspecified atom stereocenters. The molecule has 0 aliphatic carbocycles. The van der Waals surface area contributed by atoms with Crippen molar-refractivity contribution >= 4 is 43.0 Å². The van der Waals surface area contributed by atoms with E-state index in [-0.39, 0.29) is 17.0 Å². The van der Waals surface area contributed by atoms with Gasteiger partial charge >= 0.3 is 0 Å². The maximum Gasteiger partial charge on any atom is 0.242 e. The third-order valence-electron chi connectivity index (χ3n) is 4.79. The Balaban J connectivity index is 2.11. The zero-order valence-corrected chi connectivity index (χ0v) is 21.1. The van der Waals surface area contributed by atoms with Crippen LogP contribution in [0.3, 0.4) is 0 Å². The molecule has 0 saturated carbocycles. The van der Waals surface area contributed by atoms with Gasteiger partial charge in [-0.1, -0.05) is 19.1 Å². The second-order valence-electron chi connectivity index (χ2n) is 7.48. The molecule has 2 aromatic rings. The summed E-state index contributed by atoms with van der Waals surface area (Å²) in [6.07, 6.45) is -0.0515. The van der Waals surface area contributed by atoms with Crippen molar-refractivity contribution in [3.8, 4) is 5.75 Å². The van der Waals surface area contributed by atoms with E-state index in [1.165, 1.54) is 45.3 Å². The van der Waals surface area contributed by atoms with Gasteiger partial charge in [0.2, 0.25) is 21.8 Å². The minimum atomic E-state index is -4.15. The van der Waals surface area contributed by atoms with Crippen LogP contribution in [0.15, 0.2) is 53.4 Å². The van der Waals surface area contributed by atoms with Crippen molar-refractivity contribution in [1.29, 1.82) is 0 Å². The summed E-state index contributed by atoms with van der Waals surface area (Å²) in [7, 11) is -5.00. The van der Waals surface area contributed by atoms with Crippen molar-refractivity contribution < 1.29 is 31.2 Å². The van der Waals surface area contributed by atoms with Crippen LogP contribution >= 0.6 is 0 Å². The molecule has 1 atom stereocenters. The smallest absolute Gasteiger partial charge is 0.242 e. The summed E-state index contributed by atoms with van der Waals surface area (Å²) in [4.78, 5) is 25.2. The number of hydrogen-bond donors (Lipinski definition) is 2. The third kappa shape index (κ3) is 6.78.